The number of hydrogen-bond donors (Lipinski definition) is 2. The number of para-hydroxylation sites is 1. The lowest BCUT2D eigenvalue weighted by atomic mass is 10.1. The highest BCUT2D eigenvalue weighted by atomic mass is 16.2. The highest BCUT2D eigenvalue weighted by Gasteiger charge is 2.09. The first-order valence-electron chi connectivity index (χ1n) is 6.06. The van der Waals surface area contributed by atoms with Crippen LogP contribution in [0.25, 0.3) is 10.9 Å². The van der Waals surface area contributed by atoms with E-state index in [-0.39, 0.29) is 12.5 Å². The second kappa shape index (κ2) is 6.12. The second-order valence-electron chi connectivity index (χ2n) is 4.06. The summed E-state index contributed by atoms with van der Waals surface area (Å²) in [5.74, 6) is -0.0912. The van der Waals surface area contributed by atoms with Gasteiger partial charge >= 0.3 is 0 Å². The van der Waals surface area contributed by atoms with Crippen LogP contribution < -0.4 is 5.32 Å². The average molecular weight is 244 g/mol. The number of hydrogen-bond acceptors (Lipinski definition) is 3. The lowest BCUT2D eigenvalue weighted by Crippen LogP contribution is -2.24. The molecule has 1 amide bonds. The molecule has 4 heteroatoms. The fraction of sp³-hybridized carbons (Fsp3) is 0.286. The van der Waals surface area contributed by atoms with Gasteiger partial charge in [-0.3, -0.25) is 9.78 Å². The van der Waals surface area contributed by atoms with Crippen molar-refractivity contribution in [2.45, 2.75) is 12.8 Å². The van der Waals surface area contributed by atoms with E-state index in [0.717, 1.165) is 17.3 Å². The van der Waals surface area contributed by atoms with Gasteiger partial charge in [-0.15, -0.1) is 0 Å². The van der Waals surface area contributed by atoms with E-state index in [4.69, 9.17) is 5.11 Å². The third-order valence-corrected chi connectivity index (χ3v) is 2.76. The van der Waals surface area contributed by atoms with Gasteiger partial charge in [-0.25, -0.2) is 0 Å². The molecule has 0 aliphatic rings. The van der Waals surface area contributed by atoms with E-state index in [2.05, 4.69) is 10.3 Å². The molecule has 0 fully saturated rings. The Kier molecular flexibility index (Phi) is 4.25. The molecule has 94 valence electrons. The summed E-state index contributed by atoms with van der Waals surface area (Å²) < 4.78 is 0. The van der Waals surface area contributed by atoms with Crippen molar-refractivity contribution in [2.24, 2.45) is 0 Å². The van der Waals surface area contributed by atoms with Gasteiger partial charge in [0.25, 0.3) is 5.91 Å². The number of fused-ring (bicyclic) bond motifs is 1. The summed E-state index contributed by atoms with van der Waals surface area (Å²) in [5, 5.41) is 12.4. The van der Waals surface area contributed by atoms with Crippen LogP contribution in [-0.4, -0.2) is 29.1 Å². The summed E-state index contributed by atoms with van der Waals surface area (Å²) in [7, 11) is 0. The molecule has 1 heterocycles. The molecular weight excluding hydrogens is 228 g/mol. The molecule has 0 saturated heterocycles. The average Bonchev–Trinajstić information content (AvgIpc) is 2.43. The maximum Gasteiger partial charge on any atom is 0.252 e. The van der Waals surface area contributed by atoms with Crippen LogP contribution in [0.2, 0.25) is 0 Å². The first kappa shape index (κ1) is 12.5. The quantitative estimate of drug-likeness (QED) is 0.787. The van der Waals surface area contributed by atoms with Gasteiger partial charge in [0, 0.05) is 24.7 Å². The maximum absolute atomic E-state index is 12.0. The predicted octanol–water partition coefficient (Wildman–Crippen LogP) is 1.74. The van der Waals surface area contributed by atoms with E-state index in [1.54, 1.807) is 12.3 Å². The third kappa shape index (κ3) is 2.84. The maximum atomic E-state index is 12.0. The summed E-state index contributed by atoms with van der Waals surface area (Å²) >= 11 is 0. The van der Waals surface area contributed by atoms with Crippen LogP contribution in [0.5, 0.6) is 0 Å². The molecule has 0 aliphatic carbocycles. The van der Waals surface area contributed by atoms with Crippen molar-refractivity contribution < 1.29 is 9.90 Å². The molecule has 0 spiro atoms. The first-order chi connectivity index (χ1) is 8.83. The lowest BCUT2D eigenvalue weighted by molar-refractivity contribution is 0.0953. The highest BCUT2D eigenvalue weighted by Crippen LogP contribution is 2.15. The zero-order valence-corrected chi connectivity index (χ0v) is 10.1. The van der Waals surface area contributed by atoms with Crippen LogP contribution in [0, 0.1) is 0 Å². The molecule has 0 unspecified atom stereocenters. The monoisotopic (exact) mass is 244 g/mol. The Hall–Kier alpha value is -1.94. The van der Waals surface area contributed by atoms with E-state index in [9.17, 15) is 4.79 Å². The van der Waals surface area contributed by atoms with Crippen molar-refractivity contribution in [1.29, 1.82) is 0 Å². The van der Waals surface area contributed by atoms with Crippen LogP contribution in [-0.2, 0) is 0 Å². The molecule has 18 heavy (non-hydrogen) atoms. The van der Waals surface area contributed by atoms with Gasteiger partial charge in [-0.2, -0.15) is 0 Å². The fourth-order valence-corrected chi connectivity index (χ4v) is 1.83. The van der Waals surface area contributed by atoms with E-state index in [1.807, 2.05) is 24.3 Å². The van der Waals surface area contributed by atoms with Crippen molar-refractivity contribution in [1.82, 2.24) is 10.3 Å². The number of aromatic nitrogens is 1. The molecule has 2 N–H and O–H groups in total. The van der Waals surface area contributed by atoms with Crippen molar-refractivity contribution in [3.63, 3.8) is 0 Å². The number of carbonyl (C=O) groups is 1. The number of unbranched alkanes of at least 4 members (excludes halogenated alkanes) is 1. The number of aliphatic hydroxyl groups is 1. The molecule has 2 rings (SSSR count). The number of nitrogens with one attached hydrogen (secondary N) is 1. The molecular formula is C14H16N2O2. The zero-order valence-electron chi connectivity index (χ0n) is 10.1. The number of benzene rings is 1. The van der Waals surface area contributed by atoms with Crippen LogP contribution >= 0.6 is 0 Å². The molecule has 1 aromatic carbocycles. The van der Waals surface area contributed by atoms with Gasteiger partial charge in [0.2, 0.25) is 0 Å². The number of amides is 1. The number of aliphatic hydroxyl groups excluding tert-OH is 1. The van der Waals surface area contributed by atoms with Gasteiger partial charge < -0.3 is 10.4 Å². The molecule has 0 atom stereocenters. The van der Waals surface area contributed by atoms with Gasteiger partial charge in [0.05, 0.1) is 11.1 Å². The van der Waals surface area contributed by atoms with E-state index >= 15 is 0 Å². The Morgan fingerprint density at radius 1 is 1.22 bits per heavy atom. The minimum Gasteiger partial charge on any atom is -0.396 e. The Labute approximate surface area is 106 Å². The molecule has 2 aromatic rings. The van der Waals surface area contributed by atoms with Crippen molar-refractivity contribution in [2.75, 3.05) is 13.2 Å². The predicted molar refractivity (Wildman–Crippen MR) is 70.4 cm³/mol. The van der Waals surface area contributed by atoms with E-state index < -0.39 is 0 Å². The van der Waals surface area contributed by atoms with E-state index in [1.165, 1.54) is 0 Å². The summed E-state index contributed by atoms with van der Waals surface area (Å²) in [6.07, 6.45) is 3.13. The fourth-order valence-electron chi connectivity index (χ4n) is 1.83. The Balaban J connectivity index is 2.13. The summed E-state index contributed by atoms with van der Waals surface area (Å²) in [6.45, 7) is 0.740. The van der Waals surface area contributed by atoms with Crippen LogP contribution in [0.3, 0.4) is 0 Å². The topological polar surface area (TPSA) is 62.2 Å². The van der Waals surface area contributed by atoms with Gasteiger partial charge in [-0.05, 0) is 25.0 Å². The van der Waals surface area contributed by atoms with Gasteiger partial charge in [0.15, 0.2) is 0 Å². The number of nitrogens with zero attached hydrogens (tertiary/aromatic N) is 1. The van der Waals surface area contributed by atoms with Crippen molar-refractivity contribution in [3.05, 3.63) is 42.1 Å². The van der Waals surface area contributed by atoms with Gasteiger partial charge in [-0.1, -0.05) is 18.2 Å². The van der Waals surface area contributed by atoms with E-state index in [0.29, 0.717) is 18.5 Å². The van der Waals surface area contributed by atoms with Crippen molar-refractivity contribution >= 4 is 16.8 Å². The molecule has 0 aliphatic heterocycles. The molecule has 4 nitrogen and oxygen atoms in total. The second-order valence-corrected chi connectivity index (χ2v) is 4.06. The molecule has 0 bridgehead atoms. The molecule has 0 saturated carbocycles. The minimum absolute atomic E-state index is 0.0912. The summed E-state index contributed by atoms with van der Waals surface area (Å²) in [5.41, 5.74) is 1.46. The summed E-state index contributed by atoms with van der Waals surface area (Å²) in [4.78, 5) is 16.2. The first-order valence-corrected chi connectivity index (χ1v) is 6.06. The van der Waals surface area contributed by atoms with Crippen LogP contribution in [0.4, 0.5) is 0 Å². The van der Waals surface area contributed by atoms with Crippen LogP contribution in [0.1, 0.15) is 23.2 Å². The zero-order chi connectivity index (χ0) is 12.8. The number of pyridine rings is 1. The lowest BCUT2D eigenvalue weighted by Gasteiger charge is -2.07. The highest BCUT2D eigenvalue weighted by molar-refractivity contribution is 6.05. The number of rotatable bonds is 5. The summed E-state index contributed by atoms with van der Waals surface area (Å²) in [6, 6.07) is 9.30. The van der Waals surface area contributed by atoms with Gasteiger partial charge in [0.1, 0.15) is 0 Å². The number of carbonyl (C=O) groups excluding carboxylic acids is 1. The minimum atomic E-state index is -0.0912. The van der Waals surface area contributed by atoms with Crippen molar-refractivity contribution in [3.8, 4) is 0 Å². The normalized spacial score (nSPS) is 10.5. The smallest absolute Gasteiger partial charge is 0.252 e. The molecule has 0 radical (unpaired) electrons. The molecule has 1 aromatic heterocycles. The Morgan fingerprint density at radius 3 is 2.89 bits per heavy atom. The van der Waals surface area contributed by atoms with Crippen LogP contribution in [0.15, 0.2) is 36.5 Å². The SMILES string of the molecule is O=C(NCCCCO)c1ccnc2ccccc12. The third-order valence-electron chi connectivity index (χ3n) is 2.76. The Bertz CT molecular complexity index is 535. The standard InChI is InChI=1S/C14H16N2O2/c17-10-4-3-8-16-14(18)12-7-9-15-13-6-2-1-5-11(12)13/h1-2,5-7,9,17H,3-4,8,10H2,(H,16,18). The Morgan fingerprint density at radius 2 is 2.06 bits per heavy atom. The largest absolute Gasteiger partial charge is 0.396 e.